The normalized spacial score (nSPS) is 14.3. The van der Waals surface area contributed by atoms with E-state index in [4.69, 9.17) is 27.9 Å². The van der Waals surface area contributed by atoms with Crippen molar-refractivity contribution >= 4 is 50.7 Å². The molecule has 1 aliphatic carbocycles. The summed E-state index contributed by atoms with van der Waals surface area (Å²) in [6.07, 6.45) is 3.72. The van der Waals surface area contributed by atoms with E-state index in [0.29, 0.717) is 28.0 Å². The van der Waals surface area contributed by atoms with Gasteiger partial charge in [-0.1, -0.05) is 42.1 Å². The molecule has 1 N–H and O–H groups in total. The predicted octanol–water partition coefficient (Wildman–Crippen LogP) is 6.20. The number of ether oxygens (including phenoxy) is 1. The minimum Gasteiger partial charge on any atom is -0.494 e. The highest BCUT2D eigenvalue weighted by Crippen LogP contribution is 2.29. The number of amides is 2. The predicted molar refractivity (Wildman–Crippen MR) is 165 cm³/mol. The zero-order valence-corrected chi connectivity index (χ0v) is 26.3. The van der Waals surface area contributed by atoms with Crippen molar-refractivity contribution in [3.63, 3.8) is 0 Å². The average molecular weight is 651 g/mol. The second-order valence-corrected chi connectivity index (χ2v) is 13.0. The average Bonchev–Trinajstić information content (AvgIpc) is 3.49. The standard InChI is InChI=1S/C31H34Cl2FN3O5S/c1-3-42-25-15-13-24(14-16-25)37(43(40,41)26-17-11-22(34)12-18-26)20-30(38)36(19-27-28(32)9-6-10-29(27)33)21(2)31(39)35-23-7-4-5-8-23/h6,9-18,21,23H,3-5,7-8,19-20H2,1-2H3,(H,35,39)/t21-/m0/s1. The lowest BCUT2D eigenvalue weighted by molar-refractivity contribution is -0.139. The van der Waals surface area contributed by atoms with Gasteiger partial charge in [0.2, 0.25) is 11.8 Å². The Bertz CT molecular complexity index is 1510. The number of nitrogens with one attached hydrogen (secondary N) is 1. The van der Waals surface area contributed by atoms with E-state index in [1.807, 2.05) is 6.92 Å². The molecule has 3 aromatic rings. The van der Waals surface area contributed by atoms with Gasteiger partial charge >= 0.3 is 0 Å². The van der Waals surface area contributed by atoms with Crippen LogP contribution in [-0.2, 0) is 26.2 Å². The van der Waals surface area contributed by atoms with Crippen LogP contribution in [0.2, 0.25) is 10.0 Å². The van der Waals surface area contributed by atoms with Gasteiger partial charge in [-0.2, -0.15) is 0 Å². The Balaban J connectivity index is 1.72. The van der Waals surface area contributed by atoms with Crippen LogP contribution in [0.1, 0.15) is 45.1 Å². The van der Waals surface area contributed by atoms with Gasteiger partial charge in [0.15, 0.2) is 0 Å². The highest BCUT2D eigenvalue weighted by molar-refractivity contribution is 7.92. The van der Waals surface area contributed by atoms with Gasteiger partial charge in [-0.15, -0.1) is 0 Å². The highest BCUT2D eigenvalue weighted by atomic mass is 35.5. The number of anilines is 1. The Kier molecular flexibility index (Phi) is 10.9. The van der Waals surface area contributed by atoms with Crippen LogP contribution >= 0.6 is 23.2 Å². The van der Waals surface area contributed by atoms with Gasteiger partial charge in [0, 0.05) is 28.2 Å². The fourth-order valence-electron chi connectivity index (χ4n) is 4.97. The van der Waals surface area contributed by atoms with Crippen molar-refractivity contribution in [1.29, 1.82) is 0 Å². The molecule has 2 amide bonds. The number of hydrogen-bond donors (Lipinski definition) is 1. The fraction of sp³-hybridized carbons (Fsp3) is 0.355. The Hall–Kier alpha value is -3.34. The molecule has 0 spiro atoms. The van der Waals surface area contributed by atoms with E-state index in [1.165, 1.54) is 17.0 Å². The zero-order chi connectivity index (χ0) is 31.1. The SMILES string of the molecule is CCOc1ccc(N(CC(=O)N(Cc2c(Cl)cccc2Cl)[C@@H](C)C(=O)NC2CCCC2)S(=O)(=O)c2ccc(F)cc2)cc1. The molecule has 0 aromatic heterocycles. The van der Waals surface area contributed by atoms with Gasteiger partial charge in [0.25, 0.3) is 10.0 Å². The highest BCUT2D eigenvalue weighted by Gasteiger charge is 2.34. The second kappa shape index (κ2) is 14.4. The molecule has 230 valence electrons. The van der Waals surface area contributed by atoms with Crippen LogP contribution in [-0.4, -0.2) is 50.4 Å². The van der Waals surface area contributed by atoms with Crippen LogP contribution in [0.4, 0.5) is 10.1 Å². The van der Waals surface area contributed by atoms with Gasteiger partial charge in [-0.05, 0) is 87.4 Å². The third kappa shape index (κ3) is 7.99. The maximum absolute atomic E-state index is 14.1. The Labute approximate surface area is 261 Å². The summed E-state index contributed by atoms with van der Waals surface area (Å²) in [5, 5.41) is 3.62. The number of halogens is 3. The van der Waals surface area contributed by atoms with Gasteiger partial charge in [-0.25, -0.2) is 12.8 Å². The van der Waals surface area contributed by atoms with Crippen LogP contribution in [0.3, 0.4) is 0 Å². The molecular weight excluding hydrogens is 616 g/mol. The van der Waals surface area contributed by atoms with E-state index in [1.54, 1.807) is 37.3 Å². The number of carbonyl (C=O) groups is 2. The molecular formula is C31H34Cl2FN3O5S. The summed E-state index contributed by atoms with van der Waals surface area (Å²) in [6.45, 7) is 3.03. The molecule has 0 unspecified atom stereocenters. The van der Waals surface area contributed by atoms with E-state index < -0.39 is 34.3 Å². The molecule has 0 heterocycles. The van der Waals surface area contributed by atoms with E-state index in [0.717, 1.165) is 54.3 Å². The Morgan fingerprint density at radius 2 is 1.60 bits per heavy atom. The summed E-state index contributed by atoms with van der Waals surface area (Å²) >= 11 is 12.9. The molecule has 0 radical (unpaired) electrons. The number of sulfonamides is 1. The fourth-order valence-corrected chi connectivity index (χ4v) is 6.90. The van der Waals surface area contributed by atoms with Crippen molar-refractivity contribution in [2.45, 2.75) is 63.1 Å². The molecule has 1 fully saturated rings. The maximum Gasteiger partial charge on any atom is 0.264 e. The summed E-state index contributed by atoms with van der Waals surface area (Å²) in [4.78, 5) is 28.5. The van der Waals surface area contributed by atoms with Gasteiger partial charge < -0.3 is 15.0 Å². The number of hydrogen-bond acceptors (Lipinski definition) is 5. The Morgan fingerprint density at radius 3 is 2.19 bits per heavy atom. The van der Waals surface area contributed by atoms with Crippen LogP contribution in [0.25, 0.3) is 0 Å². The quantitative estimate of drug-likeness (QED) is 0.252. The summed E-state index contributed by atoms with van der Waals surface area (Å²) in [6, 6.07) is 14.5. The molecule has 0 aliphatic heterocycles. The lowest BCUT2D eigenvalue weighted by Crippen LogP contribution is -2.52. The van der Waals surface area contributed by atoms with Crippen LogP contribution in [0, 0.1) is 5.82 Å². The lowest BCUT2D eigenvalue weighted by atomic mass is 10.1. The minimum atomic E-state index is -4.35. The van der Waals surface area contributed by atoms with Crippen molar-refractivity contribution in [2.75, 3.05) is 17.5 Å². The van der Waals surface area contributed by atoms with Crippen molar-refractivity contribution in [3.05, 3.63) is 88.2 Å². The Morgan fingerprint density at radius 1 is 1.00 bits per heavy atom. The summed E-state index contributed by atoms with van der Waals surface area (Å²) in [5.41, 5.74) is 0.605. The molecule has 43 heavy (non-hydrogen) atoms. The first kappa shape index (κ1) is 32.6. The molecule has 0 bridgehead atoms. The van der Waals surface area contributed by atoms with Crippen LogP contribution < -0.4 is 14.4 Å². The molecule has 1 atom stereocenters. The minimum absolute atomic E-state index is 0.00927. The molecule has 1 aliphatic rings. The smallest absolute Gasteiger partial charge is 0.264 e. The largest absolute Gasteiger partial charge is 0.494 e. The molecule has 4 rings (SSSR count). The summed E-state index contributed by atoms with van der Waals surface area (Å²) in [7, 11) is -4.35. The number of nitrogens with zero attached hydrogens (tertiary/aromatic N) is 2. The summed E-state index contributed by atoms with van der Waals surface area (Å²) in [5.74, 6) is -1.11. The first-order valence-corrected chi connectivity index (χ1v) is 16.2. The lowest BCUT2D eigenvalue weighted by Gasteiger charge is -2.33. The molecule has 3 aromatic carbocycles. The van der Waals surface area contributed by atoms with Gasteiger partial charge in [0.1, 0.15) is 24.2 Å². The molecule has 0 saturated heterocycles. The van der Waals surface area contributed by atoms with Crippen molar-refractivity contribution in [1.82, 2.24) is 10.2 Å². The summed E-state index contributed by atoms with van der Waals surface area (Å²) < 4.78 is 47.9. The van der Waals surface area contributed by atoms with E-state index >= 15 is 0 Å². The van der Waals surface area contributed by atoms with Crippen molar-refractivity contribution in [3.8, 4) is 5.75 Å². The van der Waals surface area contributed by atoms with E-state index in [-0.39, 0.29) is 29.1 Å². The van der Waals surface area contributed by atoms with Crippen LogP contribution in [0.15, 0.2) is 71.6 Å². The van der Waals surface area contributed by atoms with Crippen molar-refractivity contribution in [2.24, 2.45) is 0 Å². The molecule has 12 heteroatoms. The third-order valence-corrected chi connectivity index (χ3v) is 9.87. The monoisotopic (exact) mass is 649 g/mol. The number of benzene rings is 3. The molecule has 8 nitrogen and oxygen atoms in total. The first-order chi connectivity index (χ1) is 20.5. The van der Waals surface area contributed by atoms with E-state index in [9.17, 15) is 22.4 Å². The van der Waals surface area contributed by atoms with Gasteiger partial charge in [0.05, 0.1) is 17.2 Å². The first-order valence-electron chi connectivity index (χ1n) is 14.0. The zero-order valence-electron chi connectivity index (χ0n) is 23.9. The number of carbonyl (C=O) groups excluding carboxylic acids is 2. The topological polar surface area (TPSA) is 96.0 Å². The number of rotatable bonds is 12. The van der Waals surface area contributed by atoms with Gasteiger partial charge in [-0.3, -0.25) is 13.9 Å². The van der Waals surface area contributed by atoms with E-state index in [2.05, 4.69) is 5.32 Å². The maximum atomic E-state index is 14.1. The van der Waals surface area contributed by atoms with Crippen LogP contribution in [0.5, 0.6) is 5.75 Å². The molecule has 1 saturated carbocycles. The second-order valence-electron chi connectivity index (χ2n) is 10.3. The van der Waals surface area contributed by atoms with Crippen molar-refractivity contribution < 1.29 is 27.1 Å². The third-order valence-electron chi connectivity index (χ3n) is 7.38.